The monoisotopic (exact) mass is 331 g/mol. The number of ether oxygens (including phenoxy) is 1. The molecular formula is C19H29N3O2. The highest BCUT2D eigenvalue weighted by molar-refractivity contribution is 5.74. The van der Waals surface area contributed by atoms with Crippen LogP contribution >= 0.6 is 0 Å². The Balaban J connectivity index is 1.73. The minimum atomic E-state index is 0.0267. The van der Waals surface area contributed by atoms with Gasteiger partial charge in [-0.3, -0.25) is 0 Å². The molecule has 5 heteroatoms. The van der Waals surface area contributed by atoms with Crippen molar-refractivity contribution in [1.29, 1.82) is 0 Å². The van der Waals surface area contributed by atoms with Crippen LogP contribution in [0, 0.1) is 5.41 Å². The molecule has 2 aliphatic rings. The van der Waals surface area contributed by atoms with Gasteiger partial charge in [-0.15, -0.1) is 0 Å². The quantitative estimate of drug-likeness (QED) is 0.906. The largest absolute Gasteiger partial charge is 0.379 e. The number of anilines is 1. The number of nitrogens with zero attached hydrogens (tertiary/aromatic N) is 2. The lowest BCUT2D eigenvalue weighted by atomic mass is 9.80. The molecule has 0 unspecified atom stereocenters. The lowest BCUT2D eigenvalue weighted by Crippen LogP contribution is -2.55. The second-order valence-corrected chi connectivity index (χ2v) is 7.44. The summed E-state index contributed by atoms with van der Waals surface area (Å²) in [6.45, 7) is 8.95. The molecule has 1 aromatic rings. The number of para-hydroxylation sites is 1. The van der Waals surface area contributed by atoms with Gasteiger partial charge in [-0.05, 0) is 38.8 Å². The van der Waals surface area contributed by atoms with E-state index in [1.807, 2.05) is 24.8 Å². The van der Waals surface area contributed by atoms with Crippen molar-refractivity contribution in [2.45, 2.75) is 32.7 Å². The highest BCUT2D eigenvalue weighted by atomic mass is 16.5. The topological polar surface area (TPSA) is 44.8 Å². The summed E-state index contributed by atoms with van der Waals surface area (Å²) in [6.07, 6.45) is 2.15. The predicted octanol–water partition coefficient (Wildman–Crippen LogP) is 2.72. The number of piperidine rings is 1. The van der Waals surface area contributed by atoms with E-state index in [9.17, 15) is 4.79 Å². The predicted molar refractivity (Wildman–Crippen MR) is 96.4 cm³/mol. The fourth-order valence-corrected chi connectivity index (χ4v) is 3.82. The molecular weight excluding hydrogens is 302 g/mol. The Labute approximate surface area is 145 Å². The van der Waals surface area contributed by atoms with E-state index in [1.54, 1.807) is 0 Å². The van der Waals surface area contributed by atoms with Gasteiger partial charge in [0.1, 0.15) is 0 Å². The molecule has 1 N–H and O–H groups in total. The van der Waals surface area contributed by atoms with Crippen LogP contribution in [-0.2, 0) is 4.74 Å². The summed E-state index contributed by atoms with van der Waals surface area (Å²) in [7, 11) is 0. The smallest absolute Gasteiger partial charge is 0.317 e. The maximum Gasteiger partial charge on any atom is 0.317 e. The summed E-state index contributed by atoms with van der Waals surface area (Å²) in [4.78, 5) is 16.8. The van der Waals surface area contributed by atoms with Gasteiger partial charge >= 0.3 is 6.03 Å². The second-order valence-electron chi connectivity index (χ2n) is 7.44. The van der Waals surface area contributed by atoms with Crippen LogP contribution < -0.4 is 10.2 Å². The molecule has 0 radical (unpaired) electrons. The van der Waals surface area contributed by atoms with Crippen LogP contribution in [0.3, 0.4) is 0 Å². The van der Waals surface area contributed by atoms with E-state index in [4.69, 9.17) is 4.74 Å². The average molecular weight is 331 g/mol. The van der Waals surface area contributed by atoms with E-state index in [1.165, 1.54) is 5.69 Å². The lowest BCUT2D eigenvalue weighted by molar-refractivity contribution is 0.0242. The molecule has 1 spiro atoms. The maximum atomic E-state index is 12.4. The van der Waals surface area contributed by atoms with E-state index in [0.29, 0.717) is 0 Å². The second kappa shape index (κ2) is 7.43. The van der Waals surface area contributed by atoms with E-state index in [2.05, 4.69) is 34.5 Å². The number of carbonyl (C=O) groups is 1. The zero-order chi connectivity index (χ0) is 17.0. The molecule has 0 aromatic heterocycles. The van der Waals surface area contributed by atoms with Crippen molar-refractivity contribution in [3.63, 3.8) is 0 Å². The van der Waals surface area contributed by atoms with Gasteiger partial charge in [-0.1, -0.05) is 18.2 Å². The molecule has 1 aromatic carbocycles. The standard InChI is InChI=1S/C19H29N3O2/c1-16(2)20-18(23)22-10-6-9-19(14-22)13-21(11-12-24-15-19)17-7-4-3-5-8-17/h3-5,7-8,16H,6,9-15H2,1-2H3,(H,20,23)/t19-/m0/s1. The van der Waals surface area contributed by atoms with Crippen molar-refractivity contribution in [2.75, 3.05) is 44.3 Å². The molecule has 2 heterocycles. The van der Waals surface area contributed by atoms with Crippen LogP contribution in [0.5, 0.6) is 0 Å². The molecule has 24 heavy (non-hydrogen) atoms. The van der Waals surface area contributed by atoms with Crippen LogP contribution in [0.25, 0.3) is 0 Å². The van der Waals surface area contributed by atoms with Crippen LogP contribution in [0.1, 0.15) is 26.7 Å². The molecule has 2 fully saturated rings. The number of amides is 2. The van der Waals surface area contributed by atoms with E-state index in [0.717, 1.165) is 52.2 Å². The fraction of sp³-hybridized carbons (Fsp3) is 0.632. The molecule has 0 saturated carbocycles. The van der Waals surface area contributed by atoms with Crippen molar-refractivity contribution in [3.8, 4) is 0 Å². The maximum absolute atomic E-state index is 12.4. The number of nitrogens with one attached hydrogen (secondary N) is 1. The number of rotatable bonds is 2. The molecule has 2 amide bonds. The summed E-state index contributed by atoms with van der Waals surface area (Å²) in [5.41, 5.74) is 1.27. The Morgan fingerprint density at radius 1 is 1.21 bits per heavy atom. The number of benzene rings is 1. The average Bonchev–Trinajstić information content (AvgIpc) is 2.78. The Morgan fingerprint density at radius 3 is 2.75 bits per heavy atom. The number of hydrogen-bond donors (Lipinski definition) is 1. The molecule has 2 saturated heterocycles. The Hall–Kier alpha value is -1.75. The first-order chi connectivity index (χ1) is 11.6. The van der Waals surface area contributed by atoms with Gasteiger partial charge in [-0.25, -0.2) is 4.79 Å². The normalized spacial score (nSPS) is 25.0. The first kappa shape index (κ1) is 17.1. The van der Waals surface area contributed by atoms with Crippen LogP contribution in [0.4, 0.5) is 10.5 Å². The molecule has 0 bridgehead atoms. The Bertz CT molecular complexity index is 549. The lowest BCUT2D eigenvalue weighted by Gasteiger charge is -2.44. The molecule has 0 aliphatic carbocycles. The summed E-state index contributed by atoms with van der Waals surface area (Å²) in [5, 5.41) is 3.03. The first-order valence-corrected chi connectivity index (χ1v) is 9.01. The number of carbonyl (C=O) groups excluding carboxylic acids is 1. The van der Waals surface area contributed by atoms with E-state index < -0.39 is 0 Å². The number of hydrogen-bond acceptors (Lipinski definition) is 3. The van der Waals surface area contributed by atoms with Crippen LogP contribution in [0.15, 0.2) is 30.3 Å². The van der Waals surface area contributed by atoms with Gasteiger partial charge in [-0.2, -0.15) is 0 Å². The molecule has 5 nitrogen and oxygen atoms in total. The van der Waals surface area contributed by atoms with E-state index >= 15 is 0 Å². The fourth-order valence-electron chi connectivity index (χ4n) is 3.82. The SMILES string of the molecule is CC(C)NC(=O)N1CCC[C@@]2(COCCN(c3ccccc3)C2)C1. The number of likely N-dealkylation sites (tertiary alicyclic amines) is 1. The molecule has 2 aliphatic heterocycles. The highest BCUT2D eigenvalue weighted by Crippen LogP contribution is 2.34. The van der Waals surface area contributed by atoms with Crippen molar-refractivity contribution in [1.82, 2.24) is 10.2 Å². The summed E-state index contributed by atoms with van der Waals surface area (Å²) < 4.78 is 5.95. The first-order valence-electron chi connectivity index (χ1n) is 9.01. The molecule has 132 valence electrons. The third-order valence-electron chi connectivity index (χ3n) is 4.92. The Kier molecular flexibility index (Phi) is 5.29. The van der Waals surface area contributed by atoms with Gasteiger partial charge in [0.2, 0.25) is 0 Å². The summed E-state index contributed by atoms with van der Waals surface area (Å²) >= 11 is 0. The van der Waals surface area contributed by atoms with Gasteiger partial charge < -0.3 is 19.9 Å². The van der Waals surface area contributed by atoms with Crippen molar-refractivity contribution in [2.24, 2.45) is 5.41 Å². The Morgan fingerprint density at radius 2 is 2.00 bits per heavy atom. The molecule has 1 atom stereocenters. The van der Waals surface area contributed by atoms with Gasteiger partial charge in [0, 0.05) is 43.3 Å². The van der Waals surface area contributed by atoms with Crippen molar-refractivity contribution >= 4 is 11.7 Å². The third-order valence-corrected chi connectivity index (χ3v) is 4.92. The van der Waals surface area contributed by atoms with Gasteiger partial charge in [0.25, 0.3) is 0 Å². The minimum absolute atomic E-state index is 0.0267. The van der Waals surface area contributed by atoms with E-state index in [-0.39, 0.29) is 17.5 Å². The summed E-state index contributed by atoms with van der Waals surface area (Å²) in [6, 6.07) is 10.7. The van der Waals surface area contributed by atoms with Crippen LogP contribution in [-0.4, -0.2) is 56.4 Å². The third kappa shape index (κ3) is 4.01. The number of urea groups is 1. The minimum Gasteiger partial charge on any atom is -0.379 e. The summed E-state index contributed by atoms with van der Waals surface area (Å²) in [5.74, 6) is 0. The van der Waals surface area contributed by atoms with Crippen molar-refractivity contribution in [3.05, 3.63) is 30.3 Å². The van der Waals surface area contributed by atoms with Gasteiger partial charge in [0.15, 0.2) is 0 Å². The zero-order valence-corrected chi connectivity index (χ0v) is 14.8. The van der Waals surface area contributed by atoms with Crippen molar-refractivity contribution < 1.29 is 9.53 Å². The zero-order valence-electron chi connectivity index (χ0n) is 14.8. The van der Waals surface area contributed by atoms with Gasteiger partial charge in [0.05, 0.1) is 13.2 Å². The highest BCUT2D eigenvalue weighted by Gasteiger charge is 2.40. The molecule has 3 rings (SSSR count). The van der Waals surface area contributed by atoms with Crippen LogP contribution in [0.2, 0.25) is 0 Å².